The van der Waals surface area contributed by atoms with Crippen LogP contribution in [-0.2, 0) is 11.2 Å². The first-order chi connectivity index (χ1) is 9.18. The van der Waals surface area contributed by atoms with E-state index >= 15 is 0 Å². The zero-order chi connectivity index (χ0) is 13.7. The summed E-state index contributed by atoms with van der Waals surface area (Å²) >= 11 is 7.71. The molecule has 0 radical (unpaired) electrons. The lowest BCUT2D eigenvalue weighted by molar-refractivity contribution is -0.139. The fourth-order valence-electron chi connectivity index (χ4n) is 1.83. The van der Waals surface area contributed by atoms with Crippen molar-refractivity contribution in [2.24, 2.45) is 0 Å². The number of halogens is 2. The molecule has 20 heavy (non-hydrogen) atoms. The Bertz CT molecular complexity index is 546. The monoisotopic (exact) mass is 331 g/mol. The van der Waals surface area contributed by atoms with Gasteiger partial charge in [-0.1, -0.05) is 35.9 Å². The van der Waals surface area contributed by atoms with E-state index in [9.17, 15) is 9.90 Å². The average molecular weight is 332 g/mol. The molecular weight excluding hydrogens is 317 g/mol. The number of carbonyl (C=O) groups is 1. The molecule has 0 aliphatic carbocycles. The fraction of sp³-hybridized carbons (Fsp3) is 0.214. The molecule has 2 aromatic rings. The summed E-state index contributed by atoms with van der Waals surface area (Å²) in [6, 6.07) is 10.3. The minimum absolute atomic E-state index is 0. The molecule has 1 aromatic carbocycles. The maximum Gasteiger partial charge on any atom is 0.325 e. The van der Waals surface area contributed by atoms with Crippen LogP contribution in [0.2, 0.25) is 5.02 Å². The standard InChI is InChI=1S/C14H14ClNO2S.ClH/c15-12-6-2-1-5-11(12)13(14(17)18)16-8-7-10-4-3-9-19-10;/h1-6,9,13,16H,7-8H2,(H,17,18);1H/t13-;/m1./s1. The third-order valence-electron chi connectivity index (χ3n) is 2.76. The molecule has 108 valence electrons. The number of benzene rings is 1. The number of nitrogens with one attached hydrogen (secondary N) is 1. The fourth-order valence-corrected chi connectivity index (χ4v) is 2.79. The normalized spacial score (nSPS) is 11.7. The number of thiophene rings is 1. The van der Waals surface area contributed by atoms with Gasteiger partial charge in [-0.3, -0.25) is 4.79 Å². The molecular formula is C14H15Cl2NO2S. The van der Waals surface area contributed by atoms with Gasteiger partial charge >= 0.3 is 5.97 Å². The second-order valence-electron chi connectivity index (χ2n) is 4.08. The van der Waals surface area contributed by atoms with Crippen molar-refractivity contribution in [3.63, 3.8) is 0 Å². The smallest absolute Gasteiger partial charge is 0.325 e. The second kappa shape index (κ2) is 8.27. The number of carboxylic acid groups (broad SMARTS) is 1. The Balaban J connectivity index is 0.00000200. The summed E-state index contributed by atoms with van der Waals surface area (Å²) in [5.74, 6) is -0.917. The van der Waals surface area contributed by atoms with Crippen molar-refractivity contribution in [3.8, 4) is 0 Å². The molecule has 3 nitrogen and oxygen atoms in total. The van der Waals surface area contributed by atoms with Gasteiger partial charge in [0, 0.05) is 16.4 Å². The van der Waals surface area contributed by atoms with Crippen LogP contribution in [0, 0.1) is 0 Å². The first-order valence-electron chi connectivity index (χ1n) is 5.91. The molecule has 0 saturated heterocycles. The average Bonchev–Trinajstić information content (AvgIpc) is 2.89. The lowest BCUT2D eigenvalue weighted by Gasteiger charge is -2.15. The highest BCUT2D eigenvalue weighted by Crippen LogP contribution is 2.23. The van der Waals surface area contributed by atoms with Crippen LogP contribution in [-0.4, -0.2) is 17.6 Å². The molecule has 2 N–H and O–H groups in total. The molecule has 1 atom stereocenters. The Labute approximate surface area is 133 Å². The first-order valence-corrected chi connectivity index (χ1v) is 7.17. The van der Waals surface area contributed by atoms with Crippen LogP contribution in [0.5, 0.6) is 0 Å². The van der Waals surface area contributed by atoms with E-state index in [1.165, 1.54) is 4.88 Å². The van der Waals surface area contributed by atoms with Crippen molar-refractivity contribution in [2.75, 3.05) is 6.54 Å². The van der Waals surface area contributed by atoms with Gasteiger partial charge in [0.25, 0.3) is 0 Å². The van der Waals surface area contributed by atoms with Crippen LogP contribution in [0.25, 0.3) is 0 Å². The van der Waals surface area contributed by atoms with Gasteiger partial charge in [-0.25, -0.2) is 0 Å². The van der Waals surface area contributed by atoms with E-state index in [0.29, 0.717) is 17.1 Å². The SMILES string of the molecule is Cl.O=C(O)[C@H](NCCc1cccs1)c1ccccc1Cl. The molecule has 1 heterocycles. The molecule has 0 fully saturated rings. The molecule has 1 aromatic heterocycles. The quantitative estimate of drug-likeness (QED) is 0.846. The van der Waals surface area contributed by atoms with E-state index in [2.05, 4.69) is 5.32 Å². The largest absolute Gasteiger partial charge is 0.480 e. The predicted octanol–water partition coefficient (Wildman–Crippen LogP) is 3.78. The van der Waals surface area contributed by atoms with E-state index in [0.717, 1.165) is 6.42 Å². The molecule has 0 amide bonds. The summed E-state index contributed by atoms with van der Waals surface area (Å²) in [4.78, 5) is 12.6. The van der Waals surface area contributed by atoms with Crippen molar-refractivity contribution in [3.05, 3.63) is 57.2 Å². The minimum atomic E-state index is -0.917. The van der Waals surface area contributed by atoms with Gasteiger partial charge in [-0.05, 0) is 29.5 Å². The third kappa shape index (κ3) is 4.49. The van der Waals surface area contributed by atoms with Gasteiger partial charge in [0.05, 0.1) is 0 Å². The topological polar surface area (TPSA) is 49.3 Å². The Morgan fingerprint density at radius 3 is 2.65 bits per heavy atom. The van der Waals surface area contributed by atoms with Crippen LogP contribution in [0.4, 0.5) is 0 Å². The van der Waals surface area contributed by atoms with Crippen molar-refractivity contribution in [2.45, 2.75) is 12.5 Å². The first kappa shape index (κ1) is 17.0. The van der Waals surface area contributed by atoms with Gasteiger partial charge in [0.15, 0.2) is 0 Å². The molecule has 0 unspecified atom stereocenters. The lowest BCUT2D eigenvalue weighted by atomic mass is 10.1. The molecule has 0 bridgehead atoms. The van der Waals surface area contributed by atoms with Crippen LogP contribution < -0.4 is 5.32 Å². The summed E-state index contributed by atoms with van der Waals surface area (Å²) in [7, 11) is 0. The van der Waals surface area contributed by atoms with Crippen LogP contribution in [0.1, 0.15) is 16.5 Å². The molecule has 0 aliphatic rings. The zero-order valence-corrected chi connectivity index (χ0v) is 13.0. The number of rotatable bonds is 6. The van der Waals surface area contributed by atoms with E-state index < -0.39 is 12.0 Å². The second-order valence-corrected chi connectivity index (χ2v) is 5.52. The number of aliphatic carboxylic acids is 1. The predicted molar refractivity (Wildman–Crippen MR) is 85.1 cm³/mol. The van der Waals surface area contributed by atoms with Crippen LogP contribution in [0.3, 0.4) is 0 Å². The maximum absolute atomic E-state index is 11.3. The highest BCUT2D eigenvalue weighted by molar-refractivity contribution is 7.09. The molecule has 2 rings (SSSR count). The summed E-state index contributed by atoms with van der Waals surface area (Å²) in [5, 5.41) is 14.8. The zero-order valence-electron chi connectivity index (χ0n) is 10.6. The van der Waals surface area contributed by atoms with Crippen molar-refractivity contribution in [1.29, 1.82) is 0 Å². The number of hydrogen-bond donors (Lipinski definition) is 2. The Kier molecular flexibility index (Phi) is 7.02. The third-order valence-corrected chi connectivity index (χ3v) is 4.04. The molecule has 6 heteroatoms. The summed E-state index contributed by atoms with van der Waals surface area (Å²) < 4.78 is 0. The van der Waals surface area contributed by atoms with Gasteiger partial charge in [-0.15, -0.1) is 23.7 Å². The Hall–Kier alpha value is -1.07. The lowest BCUT2D eigenvalue weighted by Crippen LogP contribution is -2.30. The summed E-state index contributed by atoms with van der Waals surface area (Å²) in [5.41, 5.74) is 0.600. The molecule has 0 spiro atoms. The molecule has 0 saturated carbocycles. The Morgan fingerprint density at radius 1 is 1.30 bits per heavy atom. The number of hydrogen-bond acceptors (Lipinski definition) is 3. The van der Waals surface area contributed by atoms with Gasteiger partial charge in [-0.2, -0.15) is 0 Å². The summed E-state index contributed by atoms with van der Waals surface area (Å²) in [6.45, 7) is 0.600. The van der Waals surface area contributed by atoms with E-state index in [-0.39, 0.29) is 12.4 Å². The minimum Gasteiger partial charge on any atom is -0.480 e. The van der Waals surface area contributed by atoms with Gasteiger partial charge in [0.1, 0.15) is 6.04 Å². The molecule has 0 aliphatic heterocycles. The van der Waals surface area contributed by atoms with E-state index in [4.69, 9.17) is 11.6 Å². The number of carboxylic acids is 1. The highest BCUT2D eigenvalue weighted by Gasteiger charge is 2.21. The van der Waals surface area contributed by atoms with Crippen molar-refractivity contribution >= 4 is 41.3 Å². The van der Waals surface area contributed by atoms with E-state index in [1.54, 1.807) is 35.6 Å². The van der Waals surface area contributed by atoms with Crippen molar-refractivity contribution in [1.82, 2.24) is 5.32 Å². The highest BCUT2D eigenvalue weighted by atomic mass is 35.5. The van der Waals surface area contributed by atoms with E-state index in [1.807, 2.05) is 17.5 Å². The van der Waals surface area contributed by atoms with Gasteiger partial charge in [0.2, 0.25) is 0 Å². The van der Waals surface area contributed by atoms with Crippen molar-refractivity contribution < 1.29 is 9.90 Å². The van der Waals surface area contributed by atoms with Crippen LogP contribution >= 0.6 is 35.3 Å². The Morgan fingerprint density at radius 2 is 2.05 bits per heavy atom. The van der Waals surface area contributed by atoms with Gasteiger partial charge < -0.3 is 10.4 Å². The maximum atomic E-state index is 11.3. The summed E-state index contributed by atoms with van der Waals surface area (Å²) in [6.07, 6.45) is 0.811. The van der Waals surface area contributed by atoms with Crippen LogP contribution in [0.15, 0.2) is 41.8 Å².